The Hall–Kier alpha value is -2.63. The maximum absolute atomic E-state index is 13.2. The van der Waals surface area contributed by atoms with Gasteiger partial charge in [-0.15, -0.1) is 0 Å². The van der Waals surface area contributed by atoms with Crippen LogP contribution in [0.25, 0.3) is 0 Å². The number of carboxylic acid groups (broad SMARTS) is 1. The number of hydrogen-bond donors (Lipinski definition) is 5. The van der Waals surface area contributed by atoms with Gasteiger partial charge in [0.25, 0.3) is 0 Å². The highest BCUT2D eigenvalue weighted by atomic mass is 32.2. The number of hydrogen-bond acceptors (Lipinski definition) is 7. The van der Waals surface area contributed by atoms with Crippen molar-refractivity contribution in [3.63, 3.8) is 0 Å². The smallest absolute Gasteiger partial charge is 0.326 e. The normalized spacial score (nSPS) is 17.8. The van der Waals surface area contributed by atoms with Gasteiger partial charge in [-0.2, -0.15) is 11.8 Å². The SMILES string of the molecule is CSCCC(NC(=O)C(CCCCN)NC(=O)C1CCCN1C(=O)C(N)Cc1ccccc1)C(=O)O. The number of nitrogens with zero attached hydrogens (tertiary/aromatic N) is 1. The van der Waals surface area contributed by atoms with E-state index in [0.717, 1.165) is 5.56 Å². The first kappa shape index (κ1) is 29.6. The fraction of sp³-hybridized carbons (Fsp3) is 0.600. The number of unbranched alkanes of at least 4 members (excludes halogenated alkanes) is 1. The molecule has 1 fully saturated rings. The minimum absolute atomic E-state index is 0.274. The van der Waals surface area contributed by atoms with E-state index in [1.54, 1.807) is 0 Å². The molecule has 0 aliphatic carbocycles. The molecule has 2 rings (SSSR count). The number of carbonyl (C=O) groups is 4. The number of rotatable bonds is 15. The summed E-state index contributed by atoms with van der Waals surface area (Å²) in [6.45, 7) is 0.858. The minimum atomic E-state index is -1.12. The summed E-state index contributed by atoms with van der Waals surface area (Å²) in [4.78, 5) is 52.3. The lowest BCUT2D eigenvalue weighted by Crippen LogP contribution is -2.56. The Balaban J connectivity index is 2.06. The van der Waals surface area contributed by atoms with Crippen molar-refractivity contribution in [2.45, 2.75) is 69.1 Å². The molecular weight excluding hydrogens is 482 g/mol. The fourth-order valence-electron chi connectivity index (χ4n) is 4.27. The summed E-state index contributed by atoms with van der Waals surface area (Å²) < 4.78 is 0. The third kappa shape index (κ3) is 9.11. The Morgan fingerprint density at radius 3 is 2.47 bits per heavy atom. The minimum Gasteiger partial charge on any atom is -0.480 e. The second-order valence-electron chi connectivity index (χ2n) is 9.01. The molecule has 4 atom stereocenters. The molecule has 0 bridgehead atoms. The second-order valence-corrected chi connectivity index (χ2v) is 10.00. The molecule has 10 nitrogen and oxygen atoms in total. The van der Waals surface area contributed by atoms with E-state index in [4.69, 9.17) is 11.5 Å². The van der Waals surface area contributed by atoms with Crippen molar-refractivity contribution in [2.75, 3.05) is 25.1 Å². The van der Waals surface area contributed by atoms with Crippen molar-refractivity contribution < 1.29 is 24.3 Å². The van der Waals surface area contributed by atoms with Gasteiger partial charge in [0.15, 0.2) is 0 Å². The zero-order valence-electron chi connectivity index (χ0n) is 20.9. The molecule has 0 spiro atoms. The number of nitrogens with two attached hydrogens (primary N) is 2. The van der Waals surface area contributed by atoms with Crippen LogP contribution in [0.15, 0.2) is 30.3 Å². The van der Waals surface area contributed by atoms with Crippen LogP contribution in [-0.4, -0.2) is 83.0 Å². The number of carbonyl (C=O) groups excluding carboxylic acids is 3. The van der Waals surface area contributed by atoms with Crippen molar-refractivity contribution in [2.24, 2.45) is 11.5 Å². The molecule has 36 heavy (non-hydrogen) atoms. The molecule has 1 aliphatic heterocycles. The van der Waals surface area contributed by atoms with Crippen molar-refractivity contribution in [3.8, 4) is 0 Å². The molecule has 4 unspecified atom stereocenters. The molecule has 0 radical (unpaired) electrons. The van der Waals surface area contributed by atoms with Crippen LogP contribution in [0, 0.1) is 0 Å². The second kappa shape index (κ2) is 15.5. The molecule has 1 aromatic rings. The Bertz CT molecular complexity index is 872. The number of likely N-dealkylation sites (tertiary alicyclic amines) is 1. The van der Waals surface area contributed by atoms with Gasteiger partial charge < -0.3 is 32.1 Å². The maximum Gasteiger partial charge on any atom is 0.326 e. The van der Waals surface area contributed by atoms with Gasteiger partial charge in [-0.25, -0.2) is 4.79 Å². The molecule has 0 saturated carbocycles. The van der Waals surface area contributed by atoms with E-state index in [1.165, 1.54) is 16.7 Å². The molecule has 1 heterocycles. The molecule has 11 heteroatoms. The average molecular weight is 522 g/mol. The van der Waals surface area contributed by atoms with E-state index in [9.17, 15) is 24.3 Å². The van der Waals surface area contributed by atoms with Crippen LogP contribution in [0.4, 0.5) is 0 Å². The van der Waals surface area contributed by atoms with Crippen LogP contribution in [0.2, 0.25) is 0 Å². The lowest BCUT2D eigenvalue weighted by molar-refractivity contribution is -0.143. The van der Waals surface area contributed by atoms with E-state index in [-0.39, 0.29) is 12.3 Å². The van der Waals surface area contributed by atoms with Crippen LogP contribution < -0.4 is 22.1 Å². The Morgan fingerprint density at radius 1 is 1.11 bits per heavy atom. The monoisotopic (exact) mass is 521 g/mol. The molecule has 0 aromatic heterocycles. The largest absolute Gasteiger partial charge is 0.480 e. The lowest BCUT2D eigenvalue weighted by Gasteiger charge is -2.28. The summed E-state index contributed by atoms with van der Waals surface area (Å²) in [6, 6.07) is 5.97. The number of benzene rings is 1. The van der Waals surface area contributed by atoms with Gasteiger partial charge in [-0.05, 0) is 69.1 Å². The first-order valence-electron chi connectivity index (χ1n) is 12.4. The van der Waals surface area contributed by atoms with Crippen LogP contribution in [0.5, 0.6) is 0 Å². The molecule has 1 aromatic carbocycles. The van der Waals surface area contributed by atoms with E-state index in [0.29, 0.717) is 57.4 Å². The quantitative estimate of drug-likeness (QED) is 0.208. The van der Waals surface area contributed by atoms with Crippen molar-refractivity contribution in [1.82, 2.24) is 15.5 Å². The topological polar surface area (TPSA) is 168 Å². The molecule has 3 amide bonds. The summed E-state index contributed by atoms with van der Waals surface area (Å²) in [5.41, 5.74) is 12.7. The number of aliphatic carboxylic acids is 1. The van der Waals surface area contributed by atoms with Crippen LogP contribution in [0.3, 0.4) is 0 Å². The number of amides is 3. The van der Waals surface area contributed by atoms with Crippen LogP contribution >= 0.6 is 11.8 Å². The summed E-state index contributed by atoms with van der Waals surface area (Å²) in [5, 5.41) is 14.8. The number of carboxylic acids is 1. The van der Waals surface area contributed by atoms with Crippen molar-refractivity contribution in [3.05, 3.63) is 35.9 Å². The highest BCUT2D eigenvalue weighted by Crippen LogP contribution is 2.20. The van der Waals surface area contributed by atoms with Crippen LogP contribution in [-0.2, 0) is 25.6 Å². The zero-order chi connectivity index (χ0) is 26.5. The predicted octanol–water partition coefficient (Wildman–Crippen LogP) is 0.484. The summed E-state index contributed by atoms with van der Waals surface area (Å²) in [6.07, 6.45) is 5.19. The fourth-order valence-corrected chi connectivity index (χ4v) is 4.74. The number of thioether (sulfide) groups is 1. The lowest BCUT2D eigenvalue weighted by atomic mass is 10.0. The maximum atomic E-state index is 13.2. The molecule has 1 saturated heterocycles. The molecule has 1 aliphatic rings. The van der Waals surface area contributed by atoms with Crippen LogP contribution in [0.1, 0.15) is 44.1 Å². The summed E-state index contributed by atoms with van der Waals surface area (Å²) >= 11 is 1.49. The van der Waals surface area contributed by atoms with E-state index >= 15 is 0 Å². The van der Waals surface area contributed by atoms with Gasteiger partial charge in [0.1, 0.15) is 18.1 Å². The zero-order valence-corrected chi connectivity index (χ0v) is 21.7. The van der Waals surface area contributed by atoms with Gasteiger partial charge in [0.05, 0.1) is 6.04 Å². The van der Waals surface area contributed by atoms with Crippen molar-refractivity contribution >= 4 is 35.5 Å². The predicted molar refractivity (Wildman–Crippen MR) is 140 cm³/mol. The summed E-state index contributed by atoms with van der Waals surface area (Å²) in [7, 11) is 0. The Labute approximate surface area is 216 Å². The molecule has 200 valence electrons. The van der Waals surface area contributed by atoms with E-state index in [1.807, 2.05) is 36.6 Å². The van der Waals surface area contributed by atoms with E-state index < -0.39 is 42.0 Å². The van der Waals surface area contributed by atoms with Gasteiger partial charge in [-0.1, -0.05) is 30.3 Å². The van der Waals surface area contributed by atoms with Crippen molar-refractivity contribution in [1.29, 1.82) is 0 Å². The molecule has 7 N–H and O–H groups in total. The third-order valence-corrected chi connectivity index (χ3v) is 6.90. The van der Waals surface area contributed by atoms with Gasteiger partial charge in [0, 0.05) is 6.54 Å². The van der Waals surface area contributed by atoms with Gasteiger partial charge in [0.2, 0.25) is 17.7 Å². The van der Waals surface area contributed by atoms with Gasteiger partial charge >= 0.3 is 5.97 Å². The molecular formula is C25H39N5O5S. The standard InChI is InChI=1S/C25H39N5O5S/c1-36-15-12-20(25(34)35)29-22(31)19(10-5-6-13-26)28-23(32)21-11-7-14-30(21)24(33)18(27)16-17-8-3-2-4-9-17/h2-4,8-9,18-21H,5-7,10-16,26-27H2,1H3,(H,28,32)(H,29,31)(H,34,35). The average Bonchev–Trinajstić information content (AvgIpc) is 3.36. The first-order chi connectivity index (χ1) is 17.3. The summed E-state index contributed by atoms with van der Waals surface area (Å²) in [5.74, 6) is -1.83. The number of nitrogens with one attached hydrogen (secondary N) is 2. The highest BCUT2D eigenvalue weighted by molar-refractivity contribution is 7.98. The highest BCUT2D eigenvalue weighted by Gasteiger charge is 2.37. The Kier molecular flexibility index (Phi) is 12.7. The van der Waals surface area contributed by atoms with Gasteiger partial charge in [-0.3, -0.25) is 14.4 Å². The third-order valence-electron chi connectivity index (χ3n) is 6.26. The first-order valence-corrected chi connectivity index (χ1v) is 13.8. The van der Waals surface area contributed by atoms with E-state index in [2.05, 4.69) is 10.6 Å². The Morgan fingerprint density at radius 2 is 1.83 bits per heavy atom.